The molecular weight excluding hydrogens is 426 g/mol. The molecule has 2 nitrogen and oxygen atoms in total. The lowest BCUT2D eigenvalue weighted by atomic mass is 10.1. The van der Waals surface area contributed by atoms with Gasteiger partial charge in [0.15, 0.2) is 0 Å². The number of para-hydroxylation sites is 2. The summed E-state index contributed by atoms with van der Waals surface area (Å²) in [4.78, 5) is 2.28. The molecule has 0 aliphatic heterocycles. The second-order valence-electron chi connectivity index (χ2n) is 8.42. The largest absolute Gasteiger partial charge is 0.457 e. The molecule has 0 unspecified atom stereocenters. The Morgan fingerprint density at radius 1 is 0.486 bits per heavy atom. The number of rotatable bonds is 7. The molecule has 0 atom stereocenters. The molecule has 5 aromatic carbocycles. The van der Waals surface area contributed by atoms with Crippen LogP contribution in [0.15, 0.2) is 133 Å². The minimum absolute atomic E-state index is 0.824. The Kier molecular flexibility index (Phi) is 6.72. The first kappa shape index (κ1) is 22.2. The van der Waals surface area contributed by atoms with E-state index in [1.165, 1.54) is 5.56 Å². The Hall–Kier alpha value is -4.56. The lowest BCUT2D eigenvalue weighted by molar-refractivity contribution is 0.482. The number of hydrogen-bond acceptors (Lipinski definition) is 2. The third kappa shape index (κ3) is 5.69. The topological polar surface area (TPSA) is 12.5 Å². The number of ether oxygens (including phenoxy) is 1. The molecule has 35 heavy (non-hydrogen) atoms. The first-order valence-corrected chi connectivity index (χ1v) is 11.8. The van der Waals surface area contributed by atoms with Gasteiger partial charge in [-0.3, -0.25) is 0 Å². The van der Waals surface area contributed by atoms with Crippen molar-refractivity contribution in [1.82, 2.24) is 0 Å². The number of anilines is 3. The van der Waals surface area contributed by atoms with Crippen LogP contribution >= 0.6 is 0 Å². The molecule has 0 amide bonds. The average molecular weight is 454 g/mol. The lowest BCUT2D eigenvalue weighted by Crippen LogP contribution is -2.09. The second kappa shape index (κ2) is 10.6. The number of aryl methyl sites for hydroxylation is 1. The van der Waals surface area contributed by atoms with Crippen LogP contribution in [0.2, 0.25) is 0 Å². The van der Waals surface area contributed by atoms with Gasteiger partial charge in [0, 0.05) is 17.1 Å². The van der Waals surface area contributed by atoms with Crippen molar-refractivity contribution >= 4 is 29.2 Å². The Balaban J connectivity index is 1.36. The van der Waals surface area contributed by atoms with Gasteiger partial charge in [0.1, 0.15) is 11.5 Å². The monoisotopic (exact) mass is 453 g/mol. The van der Waals surface area contributed by atoms with Crippen LogP contribution < -0.4 is 9.64 Å². The minimum atomic E-state index is 0.824. The maximum absolute atomic E-state index is 5.97. The molecular formula is C33H27NO. The zero-order valence-electron chi connectivity index (χ0n) is 19.7. The summed E-state index contributed by atoms with van der Waals surface area (Å²) >= 11 is 0. The number of benzene rings is 5. The van der Waals surface area contributed by atoms with E-state index in [4.69, 9.17) is 4.74 Å². The fraction of sp³-hybridized carbons (Fsp3) is 0.0303. The van der Waals surface area contributed by atoms with Crippen molar-refractivity contribution in [2.24, 2.45) is 0 Å². The van der Waals surface area contributed by atoms with Crippen molar-refractivity contribution in [1.29, 1.82) is 0 Å². The molecule has 0 saturated carbocycles. The lowest BCUT2D eigenvalue weighted by Gasteiger charge is -2.25. The molecule has 5 rings (SSSR count). The smallest absolute Gasteiger partial charge is 0.128 e. The Bertz CT molecular complexity index is 1390. The SMILES string of the molecule is Cc1ccc(N(c2ccccc2)c2ccc(C=Cc3cccc(Oc4ccccc4)c3)cc2)cc1. The molecule has 0 aromatic heterocycles. The van der Waals surface area contributed by atoms with Gasteiger partial charge in [-0.05, 0) is 78.7 Å². The average Bonchev–Trinajstić information content (AvgIpc) is 2.91. The quantitative estimate of drug-likeness (QED) is 0.228. The van der Waals surface area contributed by atoms with E-state index < -0.39 is 0 Å². The molecule has 0 radical (unpaired) electrons. The molecule has 0 spiro atoms. The van der Waals surface area contributed by atoms with E-state index in [0.717, 1.165) is 39.7 Å². The predicted molar refractivity (Wildman–Crippen MR) is 148 cm³/mol. The van der Waals surface area contributed by atoms with Crippen LogP contribution in [-0.2, 0) is 0 Å². The molecule has 0 aliphatic carbocycles. The van der Waals surface area contributed by atoms with Crippen LogP contribution in [0.3, 0.4) is 0 Å². The first-order chi connectivity index (χ1) is 17.2. The van der Waals surface area contributed by atoms with Gasteiger partial charge in [0.25, 0.3) is 0 Å². The normalized spacial score (nSPS) is 10.9. The Morgan fingerprint density at radius 3 is 1.71 bits per heavy atom. The minimum Gasteiger partial charge on any atom is -0.457 e. The van der Waals surface area contributed by atoms with E-state index in [0.29, 0.717) is 0 Å². The highest BCUT2D eigenvalue weighted by Crippen LogP contribution is 2.34. The van der Waals surface area contributed by atoms with Crippen LogP contribution in [0.5, 0.6) is 11.5 Å². The zero-order chi connectivity index (χ0) is 23.9. The highest BCUT2D eigenvalue weighted by atomic mass is 16.5. The predicted octanol–water partition coefficient (Wildman–Crippen LogP) is 9.43. The highest BCUT2D eigenvalue weighted by Gasteiger charge is 2.11. The van der Waals surface area contributed by atoms with Gasteiger partial charge in [-0.25, -0.2) is 0 Å². The molecule has 0 aliphatic rings. The summed E-state index contributed by atoms with van der Waals surface area (Å²) in [5.74, 6) is 1.66. The second-order valence-corrected chi connectivity index (χ2v) is 8.42. The fourth-order valence-electron chi connectivity index (χ4n) is 3.95. The van der Waals surface area contributed by atoms with Gasteiger partial charge in [0.2, 0.25) is 0 Å². The van der Waals surface area contributed by atoms with E-state index in [-0.39, 0.29) is 0 Å². The van der Waals surface area contributed by atoms with Crippen LogP contribution in [-0.4, -0.2) is 0 Å². The van der Waals surface area contributed by atoms with Crippen LogP contribution in [0.4, 0.5) is 17.1 Å². The van der Waals surface area contributed by atoms with Gasteiger partial charge in [-0.1, -0.05) is 90.5 Å². The van der Waals surface area contributed by atoms with E-state index in [1.54, 1.807) is 0 Å². The van der Waals surface area contributed by atoms with Gasteiger partial charge in [-0.2, -0.15) is 0 Å². The van der Waals surface area contributed by atoms with Crippen molar-refractivity contribution in [3.8, 4) is 11.5 Å². The van der Waals surface area contributed by atoms with E-state index in [9.17, 15) is 0 Å². The summed E-state index contributed by atoms with van der Waals surface area (Å²) in [6, 6.07) is 45.7. The van der Waals surface area contributed by atoms with E-state index in [1.807, 2.05) is 54.6 Å². The molecule has 0 N–H and O–H groups in total. The zero-order valence-corrected chi connectivity index (χ0v) is 19.7. The summed E-state index contributed by atoms with van der Waals surface area (Å²) in [5.41, 5.74) is 6.87. The summed E-state index contributed by atoms with van der Waals surface area (Å²) < 4.78 is 5.97. The molecule has 2 heteroatoms. The van der Waals surface area contributed by atoms with Gasteiger partial charge in [0.05, 0.1) is 0 Å². The van der Waals surface area contributed by atoms with Gasteiger partial charge in [-0.15, -0.1) is 0 Å². The molecule has 170 valence electrons. The first-order valence-electron chi connectivity index (χ1n) is 11.8. The van der Waals surface area contributed by atoms with Gasteiger partial charge < -0.3 is 9.64 Å². The Labute approximate surface area is 207 Å². The maximum atomic E-state index is 5.97. The molecule has 0 bridgehead atoms. The van der Waals surface area contributed by atoms with Crippen molar-refractivity contribution in [2.45, 2.75) is 6.92 Å². The van der Waals surface area contributed by atoms with Crippen molar-refractivity contribution in [3.63, 3.8) is 0 Å². The molecule has 5 aromatic rings. The van der Waals surface area contributed by atoms with Crippen molar-refractivity contribution < 1.29 is 4.74 Å². The third-order valence-corrected chi connectivity index (χ3v) is 5.76. The van der Waals surface area contributed by atoms with E-state index >= 15 is 0 Å². The number of hydrogen-bond donors (Lipinski definition) is 0. The van der Waals surface area contributed by atoms with Gasteiger partial charge >= 0.3 is 0 Å². The fourth-order valence-corrected chi connectivity index (χ4v) is 3.95. The van der Waals surface area contributed by atoms with Crippen molar-refractivity contribution in [3.05, 3.63) is 150 Å². The van der Waals surface area contributed by atoms with E-state index in [2.05, 4.69) is 103 Å². The summed E-state index contributed by atoms with van der Waals surface area (Å²) in [6.07, 6.45) is 4.24. The maximum Gasteiger partial charge on any atom is 0.128 e. The van der Waals surface area contributed by atoms with Crippen LogP contribution in [0.25, 0.3) is 12.2 Å². The molecule has 0 heterocycles. The van der Waals surface area contributed by atoms with Crippen molar-refractivity contribution in [2.75, 3.05) is 4.90 Å². The molecule has 0 saturated heterocycles. The summed E-state index contributed by atoms with van der Waals surface area (Å²) in [7, 11) is 0. The number of nitrogens with zero attached hydrogens (tertiary/aromatic N) is 1. The summed E-state index contributed by atoms with van der Waals surface area (Å²) in [5, 5.41) is 0. The third-order valence-electron chi connectivity index (χ3n) is 5.76. The molecule has 0 fully saturated rings. The van der Waals surface area contributed by atoms with Crippen LogP contribution in [0.1, 0.15) is 16.7 Å². The standard InChI is InChI=1S/C33H27NO/c1-26-15-21-30(22-16-26)34(29-10-4-2-5-11-29)31-23-19-27(20-24-31)17-18-28-9-8-14-33(25-28)35-32-12-6-3-7-13-32/h2-25H,1H3. The van der Waals surface area contributed by atoms with Crippen LogP contribution in [0, 0.1) is 6.92 Å². The Morgan fingerprint density at radius 2 is 1.03 bits per heavy atom. The summed E-state index contributed by atoms with van der Waals surface area (Å²) in [6.45, 7) is 2.11. The highest BCUT2D eigenvalue weighted by molar-refractivity contribution is 5.78.